The van der Waals surface area contributed by atoms with Crippen molar-refractivity contribution in [2.45, 2.75) is 19.1 Å². The summed E-state index contributed by atoms with van der Waals surface area (Å²) in [6.07, 6.45) is -4.32. The van der Waals surface area contributed by atoms with Crippen LogP contribution in [0.15, 0.2) is 24.3 Å². The molecule has 0 aliphatic heterocycles. The lowest BCUT2D eigenvalue weighted by molar-refractivity contribution is -0.174. The zero-order chi connectivity index (χ0) is 13.6. The van der Waals surface area contributed by atoms with Crippen molar-refractivity contribution >= 4 is 0 Å². The van der Waals surface area contributed by atoms with E-state index in [1.807, 2.05) is 6.92 Å². The van der Waals surface area contributed by atoms with Crippen LogP contribution in [0, 0.1) is 0 Å². The topological polar surface area (TPSA) is 44.5 Å². The third-order valence-electron chi connectivity index (χ3n) is 2.18. The van der Waals surface area contributed by atoms with Crippen LogP contribution < -0.4 is 10.5 Å². The molecule has 3 nitrogen and oxygen atoms in total. The number of benzene rings is 1. The molecular formula is C12H16F3NO2. The molecule has 0 aromatic heterocycles. The van der Waals surface area contributed by atoms with Gasteiger partial charge in [0.25, 0.3) is 0 Å². The highest BCUT2D eigenvalue weighted by Gasteiger charge is 2.27. The van der Waals surface area contributed by atoms with Gasteiger partial charge >= 0.3 is 6.18 Å². The van der Waals surface area contributed by atoms with Gasteiger partial charge in [0.1, 0.15) is 12.4 Å². The monoisotopic (exact) mass is 263 g/mol. The highest BCUT2D eigenvalue weighted by Crippen LogP contribution is 2.18. The lowest BCUT2D eigenvalue weighted by Crippen LogP contribution is -2.23. The minimum absolute atomic E-state index is 0.173. The molecule has 0 saturated carbocycles. The summed E-state index contributed by atoms with van der Waals surface area (Å²) in [6.45, 7) is 0.968. The summed E-state index contributed by atoms with van der Waals surface area (Å²) < 4.78 is 45.3. The van der Waals surface area contributed by atoms with Gasteiger partial charge in [-0.05, 0) is 24.6 Å². The average molecular weight is 263 g/mol. The van der Waals surface area contributed by atoms with E-state index >= 15 is 0 Å². The largest absolute Gasteiger partial charge is 0.494 e. The SMILES string of the molecule is CCOc1ccc(C(N)COCC(F)(F)F)cc1. The van der Waals surface area contributed by atoms with Crippen LogP contribution in [0.1, 0.15) is 18.5 Å². The summed E-state index contributed by atoms with van der Waals surface area (Å²) in [6, 6.07) is 6.30. The maximum atomic E-state index is 11.9. The van der Waals surface area contributed by atoms with Crippen LogP contribution in [-0.2, 0) is 4.74 Å². The van der Waals surface area contributed by atoms with Gasteiger partial charge in [-0.2, -0.15) is 13.2 Å². The lowest BCUT2D eigenvalue weighted by atomic mass is 10.1. The summed E-state index contributed by atoms with van der Waals surface area (Å²) in [5, 5.41) is 0. The predicted molar refractivity (Wildman–Crippen MR) is 61.4 cm³/mol. The Morgan fingerprint density at radius 2 is 1.83 bits per heavy atom. The van der Waals surface area contributed by atoms with Crippen molar-refractivity contribution in [3.05, 3.63) is 29.8 Å². The summed E-state index contributed by atoms with van der Waals surface area (Å²) in [5.41, 5.74) is 6.42. The highest BCUT2D eigenvalue weighted by molar-refractivity contribution is 5.29. The van der Waals surface area contributed by atoms with Gasteiger partial charge in [0, 0.05) is 0 Å². The van der Waals surface area contributed by atoms with Gasteiger partial charge in [0.15, 0.2) is 0 Å². The molecule has 1 rings (SSSR count). The van der Waals surface area contributed by atoms with Crippen LogP contribution >= 0.6 is 0 Å². The molecule has 1 aromatic rings. The Morgan fingerprint density at radius 1 is 1.22 bits per heavy atom. The molecule has 6 heteroatoms. The van der Waals surface area contributed by atoms with E-state index in [1.165, 1.54) is 0 Å². The Balaban J connectivity index is 2.43. The Hall–Kier alpha value is -1.27. The van der Waals surface area contributed by atoms with E-state index in [2.05, 4.69) is 4.74 Å². The standard InChI is InChI=1S/C12H16F3NO2/c1-2-18-10-5-3-9(4-6-10)11(16)7-17-8-12(13,14)15/h3-6,11H,2,7-8,16H2,1H3. The second-order valence-electron chi connectivity index (χ2n) is 3.74. The number of hydrogen-bond acceptors (Lipinski definition) is 3. The first kappa shape index (κ1) is 14.8. The van der Waals surface area contributed by atoms with E-state index in [9.17, 15) is 13.2 Å². The van der Waals surface area contributed by atoms with Crippen molar-refractivity contribution in [2.24, 2.45) is 5.73 Å². The molecule has 0 amide bonds. The molecule has 1 aromatic carbocycles. The summed E-state index contributed by atoms with van der Waals surface area (Å²) in [5.74, 6) is 0.699. The van der Waals surface area contributed by atoms with Crippen LogP contribution in [0.25, 0.3) is 0 Å². The number of hydrogen-bond donors (Lipinski definition) is 1. The Labute approximate surface area is 104 Å². The van der Waals surface area contributed by atoms with Crippen molar-refractivity contribution in [1.82, 2.24) is 0 Å². The molecule has 2 N–H and O–H groups in total. The summed E-state index contributed by atoms with van der Waals surface area (Å²) in [7, 11) is 0. The van der Waals surface area contributed by atoms with E-state index in [0.717, 1.165) is 0 Å². The molecule has 0 heterocycles. The number of alkyl halides is 3. The fraction of sp³-hybridized carbons (Fsp3) is 0.500. The summed E-state index contributed by atoms with van der Waals surface area (Å²) in [4.78, 5) is 0. The molecule has 0 spiro atoms. The first-order valence-electron chi connectivity index (χ1n) is 5.55. The average Bonchev–Trinajstić information content (AvgIpc) is 2.28. The van der Waals surface area contributed by atoms with Crippen molar-refractivity contribution < 1.29 is 22.6 Å². The first-order valence-corrected chi connectivity index (χ1v) is 5.55. The summed E-state index contributed by atoms with van der Waals surface area (Å²) >= 11 is 0. The van der Waals surface area contributed by atoms with Gasteiger partial charge in [0.2, 0.25) is 0 Å². The van der Waals surface area contributed by atoms with Gasteiger partial charge < -0.3 is 15.2 Å². The second-order valence-corrected chi connectivity index (χ2v) is 3.74. The van der Waals surface area contributed by atoms with Crippen molar-refractivity contribution in [3.63, 3.8) is 0 Å². The van der Waals surface area contributed by atoms with Crippen LogP contribution in [-0.4, -0.2) is 26.0 Å². The molecule has 18 heavy (non-hydrogen) atoms. The first-order chi connectivity index (χ1) is 8.42. The third kappa shape index (κ3) is 5.37. The number of ether oxygens (including phenoxy) is 2. The number of rotatable bonds is 6. The van der Waals surface area contributed by atoms with Crippen molar-refractivity contribution in [1.29, 1.82) is 0 Å². The molecule has 0 aliphatic rings. The van der Waals surface area contributed by atoms with Gasteiger partial charge in [-0.3, -0.25) is 0 Å². The maximum Gasteiger partial charge on any atom is 0.411 e. The quantitative estimate of drug-likeness (QED) is 0.858. The molecule has 0 fully saturated rings. The Kier molecular flexibility index (Phi) is 5.43. The molecular weight excluding hydrogens is 247 g/mol. The molecule has 102 valence electrons. The van der Waals surface area contributed by atoms with Gasteiger partial charge in [0.05, 0.1) is 19.3 Å². The Morgan fingerprint density at radius 3 is 2.33 bits per heavy atom. The minimum atomic E-state index is -4.32. The van der Waals surface area contributed by atoms with E-state index in [1.54, 1.807) is 24.3 Å². The van der Waals surface area contributed by atoms with Gasteiger partial charge in [-0.15, -0.1) is 0 Å². The third-order valence-corrected chi connectivity index (χ3v) is 2.18. The van der Waals surface area contributed by atoms with Crippen molar-refractivity contribution in [3.8, 4) is 5.75 Å². The van der Waals surface area contributed by atoms with E-state index in [-0.39, 0.29) is 6.61 Å². The van der Waals surface area contributed by atoms with Gasteiger partial charge in [-0.1, -0.05) is 12.1 Å². The normalized spacial score (nSPS) is 13.4. The fourth-order valence-corrected chi connectivity index (χ4v) is 1.38. The van der Waals surface area contributed by atoms with Crippen molar-refractivity contribution in [2.75, 3.05) is 19.8 Å². The van der Waals surface area contributed by atoms with E-state index in [4.69, 9.17) is 10.5 Å². The maximum absolute atomic E-state index is 11.9. The highest BCUT2D eigenvalue weighted by atomic mass is 19.4. The van der Waals surface area contributed by atoms with Crippen LogP contribution in [0.5, 0.6) is 5.75 Å². The van der Waals surface area contributed by atoms with E-state index < -0.39 is 18.8 Å². The minimum Gasteiger partial charge on any atom is -0.494 e. The molecule has 0 aliphatic carbocycles. The van der Waals surface area contributed by atoms with Crippen LogP contribution in [0.3, 0.4) is 0 Å². The van der Waals surface area contributed by atoms with E-state index in [0.29, 0.717) is 17.9 Å². The lowest BCUT2D eigenvalue weighted by Gasteiger charge is -2.14. The van der Waals surface area contributed by atoms with Crippen LogP contribution in [0.2, 0.25) is 0 Å². The zero-order valence-electron chi connectivity index (χ0n) is 10.0. The fourth-order valence-electron chi connectivity index (χ4n) is 1.38. The Bertz CT molecular complexity index is 351. The smallest absolute Gasteiger partial charge is 0.411 e. The van der Waals surface area contributed by atoms with Crippen LogP contribution in [0.4, 0.5) is 13.2 Å². The molecule has 0 bridgehead atoms. The second kappa shape index (κ2) is 6.61. The molecule has 1 unspecified atom stereocenters. The zero-order valence-corrected chi connectivity index (χ0v) is 10.0. The number of halogens is 3. The van der Waals surface area contributed by atoms with Gasteiger partial charge in [-0.25, -0.2) is 0 Å². The predicted octanol–water partition coefficient (Wildman–Crippen LogP) is 2.66. The number of nitrogens with two attached hydrogens (primary N) is 1. The molecule has 0 radical (unpaired) electrons. The molecule has 0 saturated heterocycles. The molecule has 1 atom stereocenters.